The molecule has 86 valence electrons. The minimum absolute atomic E-state index is 0.000313. The molecule has 1 unspecified atom stereocenters. The van der Waals surface area contributed by atoms with Gasteiger partial charge in [0.1, 0.15) is 0 Å². The Labute approximate surface area is 89.5 Å². The van der Waals surface area contributed by atoms with E-state index in [9.17, 15) is 13.2 Å². The summed E-state index contributed by atoms with van der Waals surface area (Å²) in [5, 5.41) is 0. The van der Waals surface area contributed by atoms with Gasteiger partial charge in [0.2, 0.25) is 5.91 Å². The summed E-state index contributed by atoms with van der Waals surface area (Å²) in [6.07, 6.45) is 3.05. The van der Waals surface area contributed by atoms with E-state index in [-0.39, 0.29) is 17.6 Å². The Hall–Kier alpha value is -0.880. The van der Waals surface area contributed by atoms with Crippen molar-refractivity contribution >= 4 is 16.0 Å². The molecule has 6 heteroatoms. The summed E-state index contributed by atoms with van der Waals surface area (Å²) in [6, 6.07) is 0. The van der Waals surface area contributed by atoms with Gasteiger partial charge in [0.15, 0.2) is 0 Å². The molecule has 0 aromatic rings. The minimum Gasteiger partial charge on any atom is -0.319 e. The second-order valence-corrected chi connectivity index (χ2v) is 5.20. The average molecular weight is 233 g/mol. The van der Waals surface area contributed by atoms with Crippen molar-refractivity contribution in [2.24, 2.45) is 5.92 Å². The zero-order valence-corrected chi connectivity index (χ0v) is 9.24. The van der Waals surface area contributed by atoms with Gasteiger partial charge in [0, 0.05) is 12.5 Å². The Morgan fingerprint density at radius 3 is 2.73 bits per heavy atom. The SMILES string of the molecule is C=CN1CCC(CCCS(=O)(=O)O)C1=O. The van der Waals surface area contributed by atoms with E-state index in [1.165, 1.54) is 11.1 Å². The number of likely N-dealkylation sites (tertiary alicyclic amines) is 1. The molecule has 0 aromatic carbocycles. The highest BCUT2D eigenvalue weighted by molar-refractivity contribution is 7.85. The monoisotopic (exact) mass is 233 g/mol. The predicted octanol–water partition coefficient (Wildman–Crippen LogP) is 0.646. The van der Waals surface area contributed by atoms with Crippen molar-refractivity contribution < 1.29 is 17.8 Å². The van der Waals surface area contributed by atoms with Crippen LogP contribution in [0.1, 0.15) is 19.3 Å². The first-order valence-corrected chi connectivity index (χ1v) is 6.43. The first-order valence-electron chi connectivity index (χ1n) is 4.82. The molecule has 0 aliphatic carbocycles. The van der Waals surface area contributed by atoms with Crippen LogP contribution in [0.25, 0.3) is 0 Å². The van der Waals surface area contributed by atoms with Crippen molar-refractivity contribution in [3.8, 4) is 0 Å². The Balaban J connectivity index is 2.35. The summed E-state index contributed by atoms with van der Waals surface area (Å²) in [5.74, 6) is -0.393. The maximum absolute atomic E-state index is 11.5. The number of carbonyl (C=O) groups excluding carboxylic acids is 1. The van der Waals surface area contributed by atoms with E-state index < -0.39 is 10.1 Å². The van der Waals surface area contributed by atoms with Gasteiger partial charge in [-0.2, -0.15) is 8.42 Å². The van der Waals surface area contributed by atoms with E-state index in [2.05, 4.69) is 6.58 Å². The average Bonchev–Trinajstić information content (AvgIpc) is 2.46. The van der Waals surface area contributed by atoms with Gasteiger partial charge in [0.25, 0.3) is 10.1 Å². The van der Waals surface area contributed by atoms with Crippen LogP contribution < -0.4 is 0 Å². The molecule has 1 heterocycles. The maximum Gasteiger partial charge on any atom is 0.264 e. The lowest BCUT2D eigenvalue weighted by Gasteiger charge is -2.10. The number of nitrogens with zero attached hydrogens (tertiary/aromatic N) is 1. The summed E-state index contributed by atoms with van der Waals surface area (Å²) in [7, 11) is -3.90. The second kappa shape index (κ2) is 4.76. The molecule has 1 atom stereocenters. The van der Waals surface area contributed by atoms with Crippen LogP contribution in [-0.2, 0) is 14.9 Å². The lowest BCUT2D eigenvalue weighted by molar-refractivity contribution is -0.128. The van der Waals surface area contributed by atoms with E-state index in [0.29, 0.717) is 19.4 Å². The van der Waals surface area contributed by atoms with Crippen LogP contribution in [0.3, 0.4) is 0 Å². The molecule has 1 amide bonds. The van der Waals surface area contributed by atoms with Crippen LogP contribution in [0.5, 0.6) is 0 Å². The summed E-state index contributed by atoms with van der Waals surface area (Å²) in [6.45, 7) is 4.17. The predicted molar refractivity (Wildman–Crippen MR) is 55.7 cm³/mol. The molecule has 0 spiro atoms. The van der Waals surface area contributed by atoms with Crippen molar-refractivity contribution in [3.63, 3.8) is 0 Å². The normalized spacial score (nSPS) is 22.1. The highest BCUT2D eigenvalue weighted by Gasteiger charge is 2.29. The molecule has 0 radical (unpaired) electrons. The van der Waals surface area contributed by atoms with Gasteiger partial charge in [-0.25, -0.2) is 0 Å². The topological polar surface area (TPSA) is 74.7 Å². The maximum atomic E-state index is 11.5. The third-order valence-corrected chi connectivity index (χ3v) is 3.33. The number of hydrogen-bond donors (Lipinski definition) is 1. The fourth-order valence-electron chi connectivity index (χ4n) is 1.72. The molecule has 0 bridgehead atoms. The summed E-state index contributed by atoms with van der Waals surface area (Å²) in [5.41, 5.74) is 0. The van der Waals surface area contributed by atoms with Crippen LogP contribution in [0, 0.1) is 5.92 Å². The molecule has 1 saturated heterocycles. The van der Waals surface area contributed by atoms with E-state index in [0.717, 1.165) is 6.42 Å². The highest BCUT2D eigenvalue weighted by Crippen LogP contribution is 2.22. The van der Waals surface area contributed by atoms with Crippen LogP contribution in [-0.4, -0.2) is 36.1 Å². The number of amides is 1. The van der Waals surface area contributed by atoms with Gasteiger partial charge in [-0.15, -0.1) is 0 Å². The molecule has 1 aliphatic heterocycles. The van der Waals surface area contributed by atoms with Crippen LogP contribution >= 0.6 is 0 Å². The third kappa shape index (κ3) is 3.64. The standard InChI is InChI=1S/C9H15NO4S/c1-2-10-6-5-8(9(10)11)4-3-7-15(12,13)14/h2,8H,1,3-7H2,(H,12,13,14). The van der Waals surface area contributed by atoms with Crippen molar-refractivity contribution in [1.82, 2.24) is 4.90 Å². The number of hydrogen-bond acceptors (Lipinski definition) is 3. The van der Waals surface area contributed by atoms with Crippen LogP contribution in [0.2, 0.25) is 0 Å². The fourth-order valence-corrected chi connectivity index (χ4v) is 2.26. The first kappa shape index (κ1) is 12.2. The first-order chi connectivity index (χ1) is 6.94. The van der Waals surface area contributed by atoms with Crippen LogP contribution in [0.4, 0.5) is 0 Å². The Morgan fingerprint density at radius 1 is 1.60 bits per heavy atom. The van der Waals surface area contributed by atoms with Gasteiger partial charge >= 0.3 is 0 Å². The fraction of sp³-hybridized carbons (Fsp3) is 0.667. The van der Waals surface area contributed by atoms with E-state index in [1.807, 2.05) is 0 Å². The minimum atomic E-state index is -3.90. The van der Waals surface area contributed by atoms with Crippen LogP contribution in [0.15, 0.2) is 12.8 Å². The number of carbonyl (C=O) groups is 1. The summed E-state index contributed by atoms with van der Waals surface area (Å²) >= 11 is 0. The molecule has 0 saturated carbocycles. The molecular weight excluding hydrogens is 218 g/mol. The van der Waals surface area contributed by atoms with Crippen molar-refractivity contribution in [2.75, 3.05) is 12.3 Å². The molecular formula is C9H15NO4S. The zero-order valence-electron chi connectivity index (χ0n) is 8.42. The van der Waals surface area contributed by atoms with Gasteiger partial charge < -0.3 is 4.90 Å². The largest absolute Gasteiger partial charge is 0.319 e. The molecule has 1 fully saturated rings. The molecule has 1 aliphatic rings. The van der Waals surface area contributed by atoms with Crippen molar-refractivity contribution in [1.29, 1.82) is 0 Å². The smallest absolute Gasteiger partial charge is 0.264 e. The zero-order chi connectivity index (χ0) is 11.5. The van der Waals surface area contributed by atoms with E-state index in [4.69, 9.17) is 4.55 Å². The molecule has 0 aromatic heterocycles. The molecule has 15 heavy (non-hydrogen) atoms. The summed E-state index contributed by atoms with van der Waals surface area (Å²) in [4.78, 5) is 13.1. The Kier molecular flexibility index (Phi) is 3.87. The Bertz CT molecular complexity index is 349. The quantitative estimate of drug-likeness (QED) is 0.707. The van der Waals surface area contributed by atoms with E-state index in [1.54, 1.807) is 0 Å². The van der Waals surface area contributed by atoms with E-state index >= 15 is 0 Å². The lowest BCUT2D eigenvalue weighted by atomic mass is 10.0. The molecule has 5 nitrogen and oxygen atoms in total. The van der Waals surface area contributed by atoms with Crippen molar-refractivity contribution in [3.05, 3.63) is 12.8 Å². The van der Waals surface area contributed by atoms with Gasteiger partial charge in [-0.1, -0.05) is 6.58 Å². The van der Waals surface area contributed by atoms with Gasteiger partial charge in [-0.3, -0.25) is 9.35 Å². The Morgan fingerprint density at radius 2 is 2.27 bits per heavy atom. The highest BCUT2D eigenvalue weighted by atomic mass is 32.2. The molecule has 1 N–H and O–H groups in total. The molecule has 1 rings (SSSR count). The van der Waals surface area contributed by atoms with Gasteiger partial charge in [0.05, 0.1) is 5.75 Å². The number of rotatable bonds is 5. The lowest BCUT2D eigenvalue weighted by Crippen LogP contribution is -2.21. The third-order valence-electron chi connectivity index (χ3n) is 2.53. The summed E-state index contributed by atoms with van der Waals surface area (Å²) < 4.78 is 29.4. The van der Waals surface area contributed by atoms with Gasteiger partial charge in [-0.05, 0) is 25.5 Å². The second-order valence-electron chi connectivity index (χ2n) is 3.63. The van der Waals surface area contributed by atoms with Crippen molar-refractivity contribution in [2.45, 2.75) is 19.3 Å².